The van der Waals surface area contributed by atoms with Gasteiger partial charge in [-0.2, -0.15) is 0 Å². The summed E-state index contributed by atoms with van der Waals surface area (Å²) in [7, 11) is -1.43. The Morgan fingerprint density at radius 2 is 1.54 bits per heavy atom. The molecule has 79 valence electrons. The molecule has 0 aromatic carbocycles. The van der Waals surface area contributed by atoms with Crippen molar-refractivity contribution >= 4 is 9.53 Å². The van der Waals surface area contributed by atoms with E-state index in [1.807, 2.05) is 6.92 Å². The molecule has 0 aliphatic rings. The Hall–Kier alpha value is 0.0969. The van der Waals surface area contributed by atoms with Crippen LogP contribution in [0.4, 0.5) is 0 Å². The molecule has 4 heteroatoms. The first-order valence-corrected chi connectivity index (χ1v) is 6.32. The fourth-order valence-corrected chi connectivity index (χ4v) is 1.90. The van der Waals surface area contributed by atoms with Crippen molar-refractivity contribution < 1.29 is 13.3 Å². The third-order valence-corrected chi connectivity index (χ3v) is 2.81. The molecule has 0 atom stereocenters. The lowest BCUT2D eigenvalue weighted by Crippen LogP contribution is -2.28. The van der Waals surface area contributed by atoms with Crippen LogP contribution in [0, 0.1) is 0 Å². The summed E-state index contributed by atoms with van der Waals surface area (Å²) >= 11 is 0. The summed E-state index contributed by atoms with van der Waals surface area (Å²) in [6.07, 6.45) is 3.24. The standard InChI is InChI=1S/C9H21O3Si/c1-4-7-9-12-13(10-6-3)11-8-5-2/h4-9H2,1-3H3. The van der Waals surface area contributed by atoms with Crippen LogP contribution in [0.5, 0.6) is 0 Å². The fourth-order valence-electron chi connectivity index (χ4n) is 0.728. The maximum Gasteiger partial charge on any atom is 0.577 e. The topological polar surface area (TPSA) is 27.7 Å². The first-order valence-electron chi connectivity index (χ1n) is 5.10. The number of unbranched alkanes of at least 4 members (excludes halogenated alkanes) is 1. The Labute approximate surface area is 83.3 Å². The molecule has 0 rings (SSSR count). The van der Waals surface area contributed by atoms with Crippen molar-refractivity contribution in [3.8, 4) is 0 Å². The van der Waals surface area contributed by atoms with Crippen molar-refractivity contribution in [1.82, 2.24) is 0 Å². The third-order valence-electron chi connectivity index (χ3n) is 1.40. The largest absolute Gasteiger partial charge is 0.577 e. The summed E-state index contributed by atoms with van der Waals surface area (Å²) in [4.78, 5) is 0. The van der Waals surface area contributed by atoms with Gasteiger partial charge in [0.1, 0.15) is 0 Å². The molecular formula is C9H21O3Si. The van der Waals surface area contributed by atoms with Crippen LogP contribution in [0.15, 0.2) is 0 Å². The maximum absolute atomic E-state index is 5.48. The van der Waals surface area contributed by atoms with E-state index in [1.165, 1.54) is 0 Å². The van der Waals surface area contributed by atoms with E-state index < -0.39 is 9.53 Å². The molecule has 0 spiro atoms. The van der Waals surface area contributed by atoms with E-state index in [4.69, 9.17) is 13.3 Å². The molecule has 0 aromatic heterocycles. The minimum atomic E-state index is -1.43. The molecule has 0 aliphatic carbocycles. The lowest BCUT2D eigenvalue weighted by atomic mass is 10.4. The van der Waals surface area contributed by atoms with Gasteiger partial charge in [0.05, 0.1) is 0 Å². The second-order valence-corrected chi connectivity index (χ2v) is 4.10. The molecule has 0 saturated carbocycles. The van der Waals surface area contributed by atoms with Gasteiger partial charge in [-0.05, 0) is 19.8 Å². The summed E-state index contributed by atoms with van der Waals surface area (Å²) in [5.74, 6) is 0. The third kappa shape index (κ3) is 8.43. The van der Waals surface area contributed by atoms with E-state index in [0.29, 0.717) is 6.61 Å². The highest BCUT2D eigenvalue weighted by atomic mass is 28.3. The summed E-state index contributed by atoms with van der Waals surface area (Å²) in [5.41, 5.74) is 0. The summed E-state index contributed by atoms with van der Waals surface area (Å²) in [6, 6.07) is 0. The van der Waals surface area contributed by atoms with Crippen LogP contribution in [0.1, 0.15) is 40.0 Å². The molecule has 1 radical (unpaired) electrons. The van der Waals surface area contributed by atoms with Crippen LogP contribution in [-0.4, -0.2) is 29.3 Å². The zero-order valence-electron chi connectivity index (χ0n) is 8.97. The predicted molar refractivity (Wildman–Crippen MR) is 54.5 cm³/mol. The lowest BCUT2D eigenvalue weighted by molar-refractivity contribution is 0.0964. The summed E-state index contributed by atoms with van der Waals surface area (Å²) < 4.78 is 16.3. The number of hydrogen-bond acceptors (Lipinski definition) is 3. The van der Waals surface area contributed by atoms with Crippen LogP contribution in [0.3, 0.4) is 0 Å². The molecule has 0 heterocycles. The van der Waals surface area contributed by atoms with Crippen LogP contribution in [-0.2, 0) is 13.3 Å². The first-order chi connectivity index (χ1) is 6.35. The average Bonchev–Trinajstić information content (AvgIpc) is 2.14. The Kier molecular flexibility index (Phi) is 10.3. The fraction of sp³-hybridized carbons (Fsp3) is 1.00. The predicted octanol–water partition coefficient (Wildman–Crippen LogP) is 2.25. The zero-order valence-corrected chi connectivity index (χ0v) is 9.97. The van der Waals surface area contributed by atoms with Gasteiger partial charge < -0.3 is 13.3 Å². The van der Waals surface area contributed by atoms with Crippen LogP contribution in [0.25, 0.3) is 0 Å². The summed E-state index contributed by atoms with van der Waals surface area (Å²) in [6.45, 7) is 8.35. The van der Waals surface area contributed by atoms with Gasteiger partial charge in [-0.15, -0.1) is 0 Å². The highest BCUT2D eigenvalue weighted by Gasteiger charge is 2.17. The molecule has 0 aromatic rings. The Balaban J connectivity index is 3.41. The van der Waals surface area contributed by atoms with E-state index >= 15 is 0 Å². The van der Waals surface area contributed by atoms with Crippen molar-refractivity contribution in [2.45, 2.75) is 40.0 Å². The number of rotatable bonds is 9. The van der Waals surface area contributed by atoms with E-state index in [9.17, 15) is 0 Å². The molecule has 0 aliphatic heterocycles. The average molecular weight is 205 g/mol. The highest BCUT2D eigenvalue weighted by molar-refractivity contribution is 6.36. The van der Waals surface area contributed by atoms with Gasteiger partial charge >= 0.3 is 9.53 Å². The minimum absolute atomic E-state index is 0.671. The smallest absolute Gasteiger partial charge is 0.371 e. The van der Waals surface area contributed by atoms with Gasteiger partial charge in [0.15, 0.2) is 0 Å². The lowest BCUT2D eigenvalue weighted by Gasteiger charge is -2.12. The van der Waals surface area contributed by atoms with Crippen molar-refractivity contribution in [3.05, 3.63) is 0 Å². The molecule has 0 N–H and O–H groups in total. The quantitative estimate of drug-likeness (QED) is 0.427. The first kappa shape index (κ1) is 13.1. The zero-order chi connectivity index (χ0) is 9.94. The molecule has 0 fully saturated rings. The van der Waals surface area contributed by atoms with E-state index in [1.54, 1.807) is 0 Å². The molecule has 13 heavy (non-hydrogen) atoms. The van der Waals surface area contributed by atoms with Gasteiger partial charge in [0, 0.05) is 19.8 Å². The normalized spacial score (nSPS) is 11.1. The van der Waals surface area contributed by atoms with E-state index in [0.717, 1.165) is 32.5 Å². The molecule has 3 nitrogen and oxygen atoms in total. The highest BCUT2D eigenvalue weighted by Crippen LogP contribution is 1.96. The van der Waals surface area contributed by atoms with Crippen molar-refractivity contribution in [2.75, 3.05) is 19.8 Å². The Morgan fingerprint density at radius 3 is 2.08 bits per heavy atom. The van der Waals surface area contributed by atoms with Gasteiger partial charge in [-0.3, -0.25) is 0 Å². The molecule has 0 amide bonds. The SMILES string of the molecule is CCCCO[Si](OCC)OCCC. The summed E-state index contributed by atoms with van der Waals surface area (Å²) in [5, 5.41) is 0. The van der Waals surface area contributed by atoms with Crippen molar-refractivity contribution in [2.24, 2.45) is 0 Å². The Morgan fingerprint density at radius 1 is 0.846 bits per heavy atom. The maximum atomic E-state index is 5.48. The van der Waals surface area contributed by atoms with Gasteiger partial charge in [0.25, 0.3) is 0 Å². The monoisotopic (exact) mass is 205 g/mol. The van der Waals surface area contributed by atoms with Crippen molar-refractivity contribution in [1.29, 1.82) is 0 Å². The van der Waals surface area contributed by atoms with Gasteiger partial charge in [0.2, 0.25) is 0 Å². The van der Waals surface area contributed by atoms with Crippen LogP contribution >= 0.6 is 0 Å². The molecule has 0 saturated heterocycles. The second-order valence-electron chi connectivity index (χ2n) is 2.73. The second kappa shape index (κ2) is 10.2. The van der Waals surface area contributed by atoms with Crippen molar-refractivity contribution in [3.63, 3.8) is 0 Å². The van der Waals surface area contributed by atoms with E-state index in [-0.39, 0.29) is 0 Å². The van der Waals surface area contributed by atoms with E-state index in [2.05, 4.69) is 13.8 Å². The number of hydrogen-bond donors (Lipinski definition) is 0. The van der Waals surface area contributed by atoms with Crippen LogP contribution in [0.2, 0.25) is 0 Å². The molecule has 0 bridgehead atoms. The Bertz CT molecular complexity index is 101. The minimum Gasteiger partial charge on any atom is -0.371 e. The van der Waals surface area contributed by atoms with Gasteiger partial charge in [-0.1, -0.05) is 20.3 Å². The van der Waals surface area contributed by atoms with Crippen LogP contribution < -0.4 is 0 Å². The van der Waals surface area contributed by atoms with Gasteiger partial charge in [-0.25, -0.2) is 0 Å². The molecular weight excluding hydrogens is 184 g/mol. The molecule has 0 unspecified atom stereocenters.